The highest BCUT2D eigenvalue weighted by molar-refractivity contribution is 5.90. The van der Waals surface area contributed by atoms with Gasteiger partial charge in [0, 0.05) is 12.0 Å². The molecule has 7 nitrogen and oxygen atoms in total. The number of carbonyl (C=O) groups excluding carboxylic acids is 2. The molecule has 1 aliphatic rings. The van der Waals surface area contributed by atoms with Crippen molar-refractivity contribution in [3.63, 3.8) is 0 Å². The number of aromatic nitrogens is 2. The fourth-order valence-corrected chi connectivity index (χ4v) is 2.12. The maximum absolute atomic E-state index is 11.8. The monoisotopic (exact) mass is 286 g/mol. The van der Waals surface area contributed by atoms with E-state index in [2.05, 4.69) is 20.8 Å². The van der Waals surface area contributed by atoms with Crippen LogP contribution in [0, 0.1) is 0 Å². The van der Waals surface area contributed by atoms with Crippen LogP contribution in [0.4, 0.5) is 0 Å². The molecule has 0 saturated carbocycles. The first-order chi connectivity index (χ1) is 10.2. The van der Waals surface area contributed by atoms with E-state index in [9.17, 15) is 9.59 Å². The molecule has 1 saturated heterocycles. The Morgan fingerprint density at radius 3 is 2.86 bits per heavy atom. The maximum atomic E-state index is 11.8. The summed E-state index contributed by atoms with van der Waals surface area (Å²) in [5, 5.41) is 13.1. The minimum Gasteiger partial charge on any atom is -0.419 e. The zero-order valence-electron chi connectivity index (χ0n) is 11.2. The Balaban J connectivity index is 1.58. The van der Waals surface area contributed by atoms with E-state index in [1.807, 2.05) is 30.3 Å². The number of amides is 2. The minimum absolute atomic E-state index is 0.0979. The summed E-state index contributed by atoms with van der Waals surface area (Å²) in [6.45, 7) is 0.144. The lowest BCUT2D eigenvalue weighted by Crippen LogP contribution is -2.41. The van der Waals surface area contributed by atoms with Crippen LogP contribution in [0.5, 0.6) is 0 Å². The molecule has 3 rings (SSSR count). The summed E-state index contributed by atoms with van der Waals surface area (Å²) in [4.78, 5) is 22.9. The van der Waals surface area contributed by atoms with Gasteiger partial charge in [0.2, 0.25) is 23.6 Å². The number of nitrogens with zero attached hydrogens (tertiary/aromatic N) is 2. The van der Waals surface area contributed by atoms with E-state index in [0.29, 0.717) is 24.6 Å². The van der Waals surface area contributed by atoms with Crippen LogP contribution in [0.25, 0.3) is 11.5 Å². The molecule has 2 amide bonds. The van der Waals surface area contributed by atoms with Crippen LogP contribution in [-0.2, 0) is 16.1 Å². The number of hydrogen-bond donors (Lipinski definition) is 2. The van der Waals surface area contributed by atoms with Crippen LogP contribution in [-0.4, -0.2) is 28.1 Å². The Morgan fingerprint density at radius 1 is 1.33 bits per heavy atom. The molecule has 7 heteroatoms. The van der Waals surface area contributed by atoms with Crippen LogP contribution in [0.1, 0.15) is 18.7 Å². The van der Waals surface area contributed by atoms with Gasteiger partial charge in [0.25, 0.3) is 0 Å². The molecule has 1 aliphatic heterocycles. The predicted octanol–water partition coefficient (Wildman–Crippen LogP) is 0.631. The van der Waals surface area contributed by atoms with Crippen molar-refractivity contribution in [2.75, 3.05) is 0 Å². The zero-order chi connectivity index (χ0) is 14.7. The summed E-state index contributed by atoms with van der Waals surface area (Å²) >= 11 is 0. The molecule has 0 aliphatic carbocycles. The highest BCUT2D eigenvalue weighted by Gasteiger charge is 2.27. The molecule has 0 bridgehead atoms. The second-order valence-corrected chi connectivity index (χ2v) is 4.74. The topological polar surface area (TPSA) is 97.1 Å². The van der Waals surface area contributed by atoms with Gasteiger partial charge in [-0.15, -0.1) is 10.2 Å². The van der Waals surface area contributed by atoms with E-state index in [-0.39, 0.29) is 18.4 Å². The van der Waals surface area contributed by atoms with Gasteiger partial charge >= 0.3 is 0 Å². The summed E-state index contributed by atoms with van der Waals surface area (Å²) in [5.74, 6) is 0.403. The van der Waals surface area contributed by atoms with E-state index in [0.717, 1.165) is 5.56 Å². The molecular formula is C14H14N4O3. The van der Waals surface area contributed by atoms with Crippen LogP contribution in [0.2, 0.25) is 0 Å². The van der Waals surface area contributed by atoms with Crippen molar-refractivity contribution in [3.8, 4) is 11.5 Å². The molecule has 2 aromatic rings. The molecule has 0 spiro atoms. The SMILES string of the molecule is O=C1CCC(C(=O)NCc2nnc(-c3ccccc3)o2)N1. The second kappa shape index (κ2) is 5.74. The van der Waals surface area contributed by atoms with Crippen molar-refractivity contribution >= 4 is 11.8 Å². The van der Waals surface area contributed by atoms with Crippen LogP contribution in [0.3, 0.4) is 0 Å². The van der Waals surface area contributed by atoms with Gasteiger partial charge in [-0.05, 0) is 18.6 Å². The standard InChI is InChI=1S/C14H14N4O3/c19-11-7-6-10(16-11)13(20)15-8-12-17-18-14(21-12)9-4-2-1-3-5-9/h1-5,10H,6-8H2,(H,15,20)(H,16,19). The van der Waals surface area contributed by atoms with Crippen LogP contribution in [0.15, 0.2) is 34.7 Å². The van der Waals surface area contributed by atoms with Crippen molar-refractivity contribution in [3.05, 3.63) is 36.2 Å². The van der Waals surface area contributed by atoms with E-state index in [1.165, 1.54) is 0 Å². The number of nitrogens with one attached hydrogen (secondary N) is 2. The Hall–Kier alpha value is -2.70. The summed E-state index contributed by atoms with van der Waals surface area (Å²) in [7, 11) is 0. The average molecular weight is 286 g/mol. The fourth-order valence-electron chi connectivity index (χ4n) is 2.12. The van der Waals surface area contributed by atoms with Gasteiger partial charge < -0.3 is 15.1 Å². The van der Waals surface area contributed by atoms with E-state index < -0.39 is 6.04 Å². The Morgan fingerprint density at radius 2 is 2.14 bits per heavy atom. The Labute approximate surface area is 120 Å². The highest BCUT2D eigenvalue weighted by atomic mass is 16.4. The molecule has 1 fully saturated rings. The van der Waals surface area contributed by atoms with Gasteiger partial charge in [-0.1, -0.05) is 18.2 Å². The summed E-state index contributed by atoms with van der Waals surface area (Å²) < 4.78 is 5.48. The molecule has 1 unspecified atom stereocenters. The lowest BCUT2D eigenvalue weighted by Gasteiger charge is -2.08. The Kier molecular flexibility index (Phi) is 3.63. The summed E-state index contributed by atoms with van der Waals surface area (Å²) in [6.07, 6.45) is 0.903. The van der Waals surface area contributed by atoms with Crippen molar-refractivity contribution in [2.24, 2.45) is 0 Å². The fraction of sp³-hybridized carbons (Fsp3) is 0.286. The van der Waals surface area contributed by atoms with E-state index in [1.54, 1.807) is 0 Å². The number of rotatable bonds is 4. The molecule has 1 aromatic carbocycles. The van der Waals surface area contributed by atoms with Crippen molar-refractivity contribution in [1.29, 1.82) is 0 Å². The number of hydrogen-bond acceptors (Lipinski definition) is 5. The van der Waals surface area contributed by atoms with Gasteiger partial charge in [0.05, 0.1) is 6.54 Å². The van der Waals surface area contributed by atoms with E-state index >= 15 is 0 Å². The smallest absolute Gasteiger partial charge is 0.247 e. The first-order valence-electron chi connectivity index (χ1n) is 6.67. The number of benzene rings is 1. The lowest BCUT2D eigenvalue weighted by atomic mass is 10.2. The Bertz CT molecular complexity index is 653. The molecule has 1 aromatic heterocycles. The molecule has 108 valence electrons. The predicted molar refractivity (Wildman–Crippen MR) is 72.7 cm³/mol. The van der Waals surface area contributed by atoms with E-state index in [4.69, 9.17) is 4.42 Å². The highest BCUT2D eigenvalue weighted by Crippen LogP contribution is 2.16. The molecule has 1 atom stereocenters. The van der Waals surface area contributed by atoms with Gasteiger partial charge in [-0.3, -0.25) is 9.59 Å². The lowest BCUT2D eigenvalue weighted by molar-refractivity contribution is -0.125. The van der Waals surface area contributed by atoms with Gasteiger partial charge in [0.15, 0.2) is 0 Å². The van der Waals surface area contributed by atoms with Crippen LogP contribution < -0.4 is 10.6 Å². The van der Waals surface area contributed by atoms with Gasteiger partial charge in [-0.25, -0.2) is 0 Å². The zero-order valence-corrected chi connectivity index (χ0v) is 11.2. The van der Waals surface area contributed by atoms with Gasteiger partial charge in [0.1, 0.15) is 6.04 Å². The minimum atomic E-state index is -0.464. The average Bonchev–Trinajstić information content (AvgIpc) is 3.15. The third-order valence-electron chi connectivity index (χ3n) is 3.21. The third-order valence-corrected chi connectivity index (χ3v) is 3.21. The first kappa shape index (κ1) is 13.3. The summed E-state index contributed by atoms with van der Waals surface area (Å²) in [5.41, 5.74) is 0.825. The molecular weight excluding hydrogens is 272 g/mol. The molecule has 2 heterocycles. The molecule has 21 heavy (non-hydrogen) atoms. The van der Waals surface area contributed by atoms with Crippen molar-refractivity contribution in [1.82, 2.24) is 20.8 Å². The maximum Gasteiger partial charge on any atom is 0.247 e. The van der Waals surface area contributed by atoms with Crippen molar-refractivity contribution < 1.29 is 14.0 Å². The first-order valence-corrected chi connectivity index (χ1v) is 6.67. The molecule has 2 N–H and O–H groups in total. The third kappa shape index (κ3) is 3.07. The largest absolute Gasteiger partial charge is 0.419 e. The quantitative estimate of drug-likeness (QED) is 0.859. The normalized spacial score (nSPS) is 17.5. The van der Waals surface area contributed by atoms with Gasteiger partial charge in [-0.2, -0.15) is 0 Å². The van der Waals surface area contributed by atoms with Crippen LogP contribution >= 0.6 is 0 Å². The summed E-state index contributed by atoms with van der Waals surface area (Å²) in [6, 6.07) is 8.92. The van der Waals surface area contributed by atoms with Crippen molar-refractivity contribution in [2.45, 2.75) is 25.4 Å². The molecule has 0 radical (unpaired) electrons. The second-order valence-electron chi connectivity index (χ2n) is 4.74. The number of carbonyl (C=O) groups is 2.